The highest BCUT2D eigenvalue weighted by Gasteiger charge is 2.24. The molecule has 2 heterocycles. The topological polar surface area (TPSA) is 100 Å². The number of hydrogen-bond acceptors (Lipinski definition) is 5. The van der Waals surface area contributed by atoms with E-state index in [1.165, 1.54) is 7.11 Å². The van der Waals surface area contributed by atoms with Crippen LogP contribution in [0.5, 0.6) is 5.75 Å². The Morgan fingerprint density at radius 2 is 2.03 bits per heavy atom. The molecular formula is C21H25N4O4+. The van der Waals surface area contributed by atoms with Crippen LogP contribution in [0.25, 0.3) is 10.9 Å². The smallest absolute Gasteiger partial charge is 0.325 e. The molecule has 0 saturated heterocycles. The van der Waals surface area contributed by atoms with Crippen LogP contribution in [-0.2, 0) is 0 Å². The summed E-state index contributed by atoms with van der Waals surface area (Å²) in [7, 11) is 1.54. The SMILES string of the molecule is COc1cc2nn([C@H]3CC[C@@H](O)CC3)cc2cc1NC(=O)c1cccc(C)[n+]1O. The zero-order chi connectivity index (χ0) is 20.5. The molecule has 1 fully saturated rings. The van der Waals surface area contributed by atoms with E-state index in [1.54, 1.807) is 31.2 Å². The Morgan fingerprint density at radius 3 is 2.76 bits per heavy atom. The first-order chi connectivity index (χ1) is 14.0. The fourth-order valence-electron chi connectivity index (χ4n) is 3.82. The van der Waals surface area contributed by atoms with Gasteiger partial charge < -0.3 is 15.2 Å². The number of anilines is 1. The molecule has 0 atom stereocenters. The van der Waals surface area contributed by atoms with Crippen LogP contribution in [0.2, 0.25) is 0 Å². The highest BCUT2D eigenvalue weighted by molar-refractivity contribution is 6.04. The molecule has 1 saturated carbocycles. The lowest BCUT2D eigenvalue weighted by atomic mass is 9.93. The lowest BCUT2D eigenvalue weighted by molar-refractivity contribution is -0.909. The number of nitrogens with one attached hydrogen (secondary N) is 1. The Bertz CT molecular complexity index is 1050. The molecule has 0 aliphatic heterocycles. The number of pyridine rings is 1. The maximum atomic E-state index is 12.7. The van der Waals surface area contributed by atoms with E-state index in [9.17, 15) is 15.1 Å². The third-order valence-corrected chi connectivity index (χ3v) is 5.52. The number of benzene rings is 1. The fourth-order valence-corrected chi connectivity index (χ4v) is 3.82. The minimum Gasteiger partial charge on any atom is -0.494 e. The summed E-state index contributed by atoms with van der Waals surface area (Å²) in [6.45, 7) is 1.71. The van der Waals surface area contributed by atoms with Gasteiger partial charge in [-0.15, -0.1) is 0 Å². The van der Waals surface area contributed by atoms with Crippen LogP contribution in [0.3, 0.4) is 0 Å². The number of amides is 1. The van der Waals surface area contributed by atoms with Crippen LogP contribution in [-0.4, -0.2) is 39.2 Å². The average Bonchev–Trinajstić information content (AvgIpc) is 3.12. The van der Waals surface area contributed by atoms with Gasteiger partial charge in [-0.25, -0.2) is 0 Å². The van der Waals surface area contributed by atoms with Gasteiger partial charge in [0.15, 0.2) is 0 Å². The number of fused-ring (bicyclic) bond motifs is 1. The molecule has 1 aliphatic rings. The third-order valence-electron chi connectivity index (χ3n) is 5.52. The van der Waals surface area contributed by atoms with Gasteiger partial charge in [0.25, 0.3) is 0 Å². The number of methoxy groups -OCH3 is 1. The van der Waals surface area contributed by atoms with Gasteiger partial charge in [0.2, 0.25) is 5.69 Å². The summed E-state index contributed by atoms with van der Waals surface area (Å²) < 4.78 is 8.25. The second-order valence-electron chi connectivity index (χ2n) is 7.50. The number of aromatic nitrogens is 3. The molecule has 1 aliphatic carbocycles. The number of nitrogens with zero attached hydrogens (tertiary/aromatic N) is 3. The van der Waals surface area contributed by atoms with Crippen molar-refractivity contribution in [3.63, 3.8) is 0 Å². The number of hydrogen-bond donors (Lipinski definition) is 3. The molecule has 8 heteroatoms. The fraction of sp³-hybridized carbons (Fsp3) is 0.381. The molecule has 0 bridgehead atoms. The van der Waals surface area contributed by atoms with Crippen LogP contribution >= 0.6 is 0 Å². The van der Waals surface area contributed by atoms with Crippen molar-refractivity contribution in [2.45, 2.75) is 44.8 Å². The predicted molar refractivity (Wildman–Crippen MR) is 106 cm³/mol. The normalized spacial score (nSPS) is 19.3. The van der Waals surface area contributed by atoms with Gasteiger partial charge >= 0.3 is 11.6 Å². The van der Waals surface area contributed by atoms with E-state index >= 15 is 0 Å². The molecule has 1 aromatic carbocycles. The Labute approximate surface area is 168 Å². The number of aliphatic hydroxyl groups excluding tert-OH is 1. The molecule has 0 radical (unpaired) electrons. The van der Waals surface area contributed by atoms with Crippen LogP contribution < -0.4 is 14.8 Å². The van der Waals surface area contributed by atoms with E-state index in [0.717, 1.165) is 41.3 Å². The van der Waals surface area contributed by atoms with Gasteiger partial charge in [0.05, 0.1) is 30.5 Å². The zero-order valence-corrected chi connectivity index (χ0v) is 16.5. The van der Waals surface area contributed by atoms with Crippen molar-refractivity contribution < 1.29 is 24.6 Å². The lowest BCUT2D eigenvalue weighted by Crippen LogP contribution is -2.42. The monoisotopic (exact) mass is 397 g/mol. The van der Waals surface area contributed by atoms with Crippen molar-refractivity contribution >= 4 is 22.5 Å². The van der Waals surface area contributed by atoms with Crippen LogP contribution in [0.15, 0.2) is 36.5 Å². The van der Waals surface area contributed by atoms with E-state index in [-0.39, 0.29) is 17.8 Å². The minimum atomic E-state index is -0.442. The second kappa shape index (κ2) is 7.71. The van der Waals surface area contributed by atoms with E-state index in [2.05, 4.69) is 10.4 Å². The van der Waals surface area contributed by atoms with Gasteiger partial charge in [0, 0.05) is 41.4 Å². The van der Waals surface area contributed by atoms with Crippen LogP contribution in [0, 0.1) is 6.92 Å². The number of ether oxygens (including phenoxy) is 1. The lowest BCUT2D eigenvalue weighted by Gasteiger charge is -2.25. The van der Waals surface area contributed by atoms with Crippen molar-refractivity contribution in [1.82, 2.24) is 9.78 Å². The summed E-state index contributed by atoms with van der Waals surface area (Å²) in [5.74, 6) is 0.0508. The number of rotatable bonds is 4. The molecule has 2 aromatic heterocycles. The van der Waals surface area contributed by atoms with E-state index in [0.29, 0.717) is 17.1 Å². The quantitative estimate of drug-likeness (QED) is 0.464. The maximum Gasteiger partial charge on any atom is 0.325 e. The standard InChI is InChI=1S/C21H24N4O4/c1-13-4-3-5-19(25(13)28)21(27)22-18-10-14-12-24(15-6-8-16(26)9-7-15)23-17(14)11-20(18)29-2/h3-5,10-12,15-16,26H,6-9H2,1-2H3,(H-,22,27,28)/p+1/t15-,16+. The summed E-state index contributed by atoms with van der Waals surface area (Å²) in [6.07, 6.45) is 5.09. The Hall–Kier alpha value is -3.13. The molecule has 29 heavy (non-hydrogen) atoms. The molecule has 3 aromatic rings. The van der Waals surface area contributed by atoms with Gasteiger partial charge in [-0.05, 0) is 37.8 Å². The molecule has 152 valence electrons. The molecule has 0 unspecified atom stereocenters. The summed E-state index contributed by atoms with van der Waals surface area (Å²) >= 11 is 0. The van der Waals surface area contributed by atoms with Crippen molar-refractivity contribution in [3.05, 3.63) is 47.9 Å². The van der Waals surface area contributed by atoms with Crippen molar-refractivity contribution in [3.8, 4) is 5.75 Å². The summed E-state index contributed by atoms with van der Waals surface area (Å²) in [5, 5.41) is 28.2. The Kier molecular flexibility index (Phi) is 5.10. The Morgan fingerprint density at radius 1 is 1.28 bits per heavy atom. The first-order valence-electron chi connectivity index (χ1n) is 9.73. The number of aliphatic hydroxyl groups is 1. The van der Waals surface area contributed by atoms with Gasteiger partial charge in [0.1, 0.15) is 5.75 Å². The minimum absolute atomic E-state index is 0.128. The van der Waals surface area contributed by atoms with Gasteiger partial charge in [-0.3, -0.25) is 14.7 Å². The molecule has 4 rings (SSSR count). The first kappa shape index (κ1) is 19.2. The largest absolute Gasteiger partial charge is 0.494 e. The van der Waals surface area contributed by atoms with Crippen molar-refractivity contribution in [2.24, 2.45) is 0 Å². The molecule has 3 N–H and O–H groups in total. The molecule has 8 nitrogen and oxygen atoms in total. The molecule has 1 amide bonds. The summed E-state index contributed by atoms with van der Waals surface area (Å²) in [6, 6.07) is 8.84. The van der Waals surface area contributed by atoms with E-state index in [1.807, 2.05) is 16.9 Å². The number of carbonyl (C=O) groups excluding carboxylic acids is 1. The Balaban J connectivity index is 1.63. The predicted octanol–water partition coefficient (Wildman–Crippen LogP) is 2.61. The summed E-state index contributed by atoms with van der Waals surface area (Å²) in [4.78, 5) is 12.7. The van der Waals surface area contributed by atoms with Crippen LogP contribution in [0.1, 0.15) is 47.9 Å². The van der Waals surface area contributed by atoms with E-state index in [4.69, 9.17) is 4.74 Å². The zero-order valence-electron chi connectivity index (χ0n) is 16.5. The molecule has 0 spiro atoms. The van der Waals surface area contributed by atoms with Crippen molar-refractivity contribution in [1.29, 1.82) is 0 Å². The van der Waals surface area contributed by atoms with E-state index < -0.39 is 5.91 Å². The van der Waals surface area contributed by atoms with Gasteiger partial charge in [-0.1, -0.05) is 0 Å². The van der Waals surface area contributed by atoms with Crippen molar-refractivity contribution in [2.75, 3.05) is 12.4 Å². The highest BCUT2D eigenvalue weighted by Crippen LogP contribution is 2.33. The second-order valence-corrected chi connectivity index (χ2v) is 7.50. The first-order valence-corrected chi connectivity index (χ1v) is 9.73. The maximum absolute atomic E-state index is 12.7. The van der Waals surface area contributed by atoms with Gasteiger partial charge in [-0.2, -0.15) is 5.10 Å². The number of carbonyl (C=O) groups is 1. The number of aryl methyl sites for hydroxylation is 1. The average molecular weight is 397 g/mol. The summed E-state index contributed by atoms with van der Waals surface area (Å²) in [5.41, 5.74) is 1.96. The molecular weight excluding hydrogens is 372 g/mol. The highest BCUT2D eigenvalue weighted by atomic mass is 16.5. The third kappa shape index (κ3) is 3.75. The van der Waals surface area contributed by atoms with Crippen LogP contribution in [0.4, 0.5) is 5.69 Å².